The molecule has 0 spiro atoms. The van der Waals surface area contributed by atoms with E-state index in [1.54, 1.807) is 41.5 Å². The number of benzene rings is 2. The van der Waals surface area contributed by atoms with E-state index in [0.717, 1.165) is 33.8 Å². The van der Waals surface area contributed by atoms with Gasteiger partial charge in [-0.25, -0.2) is 9.59 Å². The van der Waals surface area contributed by atoms with Gasteiger partial charge in [-0.15, -0.1) is 22.7 Å². The van der Waals surface area contributed by atoms with Crippen LogP contribution in [0.15, 0.2) is 72.8 Å². The first kappa shape index (κ1) is 39.9. The van der Waals surface area contributed by atoms with Gasteiger partial charge in [0.2, 0.25) is 23.6 Å². The molecule has 54 heavy (non-hydrogen) atoms. The molecule has 2 unspecified atom stereocenters. The third-order valence-electron chi connectivity index (χ3n) is 7.82. The van der Waals surface area contributed by atoms with Crippen molar-refractivity contribution in [2.24, 2.45) is 0 Å². The summed E-state index contributed by atoms with van der Waals surface area (Å²) in [6.07, 6.45) is -0.214. The lowest BCUT2D eigenvalue weighted by Gasteiger charge is -2.21. The zero-order valence-corrected chi connectivity index (χ0v) is 32.6. The van der Waals surface area contributed by atoms with Crippen molar-refractivity contribution in [2.75, 3.05) is 10.6 Å². The summed E-state index contributed by atoms with van der Waals surface area (Å²) in [4.78, 5) is 82.9. The number of anilines is 2. The van der Waals surface area contributed by atoms with Gasteiger partial charge in [-0.3, -0.25) is 19.2 Å². The molecule has 1 aliphatic heterocycles. The van der Waals surface area contributed by atoms with E-state index >= 15 is 0 Å². The summed E-state index contributed by atoms with van der Waals surface area (Å²) in [5.74, 6) is -3.62. The van der Waals surface area contributed by atoms with E-state index in [0.29, 0.717) is 9.75 Å². The minimum atomic E-state index is -1.08. The summed E-state index contributed by atoms with van der Waals surface area (Å²) in [7, 11) is 0. The molecule has 284 valence electrons. The zero-order chi connectivity index (χ0) is 39.2. The smallest absolute Gasteiger partial charge is 0.341 e. The number of nitrogens with one attached hydrogen (secondary N) is 4. The summed E-state index contributed by atoms with van der Waals surface area (Å²) < 4.78 is 11.3. The van der Waals surface area contributed by atoms with Gasteiger partial charge in [0.1, 0.15) is 33.3 Å². The Morgan fingerprint density at radius 3 is 1.30 bits per heavy atom. The number of rotatable bonds is 6. The maximum Gasteiger partial charge on any atom is 0.341 e. The van der Waals surface area contributed by atoms with Crippen LogP contribution in [0.5, 0.6) is 0 Å². The number of carbonyl (C=O) groups excluding carboxylic acids is 6. The van der Waals surface area contributed by atoms with Crippen LogP contribution in [0, 0.1) is 0 Å². The van der Waals surface area contributed by atoms with E-state index in [9.17, 15) is 28.8 Å². The summed E-state index contributed by atoms with van der Waals surface area (Å²) in [6, 6.07) is 19.0. The van der Waals surface area contributed by atoms with E-state index in [-0.39, 0.29) is 46.8 Å². The zero-order valence-electron chi connectivity index (χ0n) is 31.0. The van der Waals surface area contributed by atoms with Gasteiger partial charge in [-0.2, -0.15) is 0 Å². The molecule has 1 aliphatic rings. The lowest BCUT2D eigenvalue weighted by atomic mass is 10.0. The first-order valence-electron chi connectivity index (χ1n) is 17.4. The van der Waals surface area contributed by atoms with Gasteiger partial charge in [-0.1, -0.05) is 60.7 Å². The maximum atomic E-state index is 14.0. The van der Waals surface area contributed by atoms with Crippen LogP contribution in [-0.4, -0.2) is 58.9 Å². The van der Waals surface area contributed by atoms with Crippen molar-refractivity contribution >= 4 is 68.2 Å². The minimum absolute atomic E-state index is 0.0489. The topological polar surface area (TPSA) is 169 Å². The largest absolute Gasteiger partial charge is 0.456 e. The van der Waals surface area contributed by atoms with E-state index in [1.165, 1.54) is 12.1 Å². The first-order chi connectivity index (χ1) is 25.4. The van der Waals surface area contributed by atoms with Crippen molar-refractivity contribution in [3.8, 4) is 0 Å². The predicted octanol–water partition coefficient (Wildman–Crippen LogP) is 5.85. The summed E-state index contributed by atoms with van der Waals surface area (Å²) >= 11 is 2.04. The molecule has 14 heteroatoms. The number of ether oxygens (including phenoxy) is 2. The number of esters is 2. The Labute approximate surface area is 322 Å². The molecule has 0 saturated heterocycles. The molecule has 2 aromatic carbocycles. The third-order valence-corrected chi connectivity index (χ3v) is 9.92. The minimum Gasteiger partial charge on any atom is -0.456 e. The van der Waals surface area contributed by atoms with Crippen LogP contribution in [0.1, 0.15) is 83.1 Å². The molecule has 0 fully saturated rings. The van der Waals surface area contributed by atoms with Crippen LogP contribution in [-0.2, 0) is 54.3 Å². The monoisotopic (exact) mass is 772 g/mol. The van der Waals surface area contributed by atoms with Crippen LogP contribution in [0.3, 0.4) is 0 Å². The molecule has 0 radical (unpaired) electrons. The Morgan fingerprint density at radius 1 is 0.611 bits per heavy atom. The molecule has 4 amide bonds. The summed E-state index contributed by atoms with van der Waals surface area (Å²) in [5, 5.41) is 11.6. The van der Waals surface area contributed by atoms with Crippen molar-refractivity contribution in [3.63, 3.8) is 0 Å². The van der Waals surface area contributed by atoms with Gasteiger partial charge in [0, 0.05) is 22.6 Å². The highest BCUT2D eigenvalue weighted by Crippen LogP contribution is 2.33. The molecule has 12 nitrogen and oxygen atoms in total. The van der Waals surface area contributed by atoms with Crippen LogP contribution in [0.2, 0.25) is 0 Å². The fourth-order valence-electron chi connectivity index (χ4n) is 5.54. The lowest BCUT2D eigenvalue weighted by molar-refractivity contribution is -0.126. The number of hydrogen-bond donors (Lipinski definition) is 4. The second-order valence-corrected chi connectivity index (χ2v) is 17.1. The van der Waals surface area contributed by atoms with Gasteiger partial charge >= 0.3 is 11.9 Å². The van der Waals surface area contributed by atoms with Crippen LogP contribution >= 0.6 is 22.7 Å². The van der Waals surface area contributed by atoms with Gasteiger partial charge in [0.15, 0.2) is 0 Å². The van der Waals surface area contributed by atoms with Gasteiger partial charge in [0.05, 0.1) is 24.0 Å². The van der Waals surface area contributed by atoms with E-state index in [2.05, 4.69) is 21.3 Å². The van der Waals surface area contributed by atoms with Crippen molar-refractivity contribution in [2.45, 2.75) is 90.5 Å². The molecule has 3 heterocycles. The Balaban J connectivity index is 1.56. The molecular weight excluding hydrogens is 729 g/mol. The molecule has 4 N–H and O–H groups in total. The second-order valence-electron chi connectivity index (χ2n) is 14.9. The molecular formula is C40H44N4O8S2. The molecule has 4 aromatic rings. The Morgan fingerprint density at radius 2 is 0.963 bits per heavy atom. The number of amides is 4. The molecule has 2 atom stereocenters. The number of thiophene rings is 2. The summed E-state index contributed by atoms with van der Waals surface area (Å²) in [5.41, 5.74) is -0.0578. The highest BCUT2D eigenvalue weighted by atomic mass is 32.1. The van der Waals surface area contributed by atoms with Gasteiger partial charge < -0.3 is 30.7 Å². The third kappa shape index (κ3) is 11.3. The first-order valence-corrected chi connectivity index (χ1v) is 19.1. The highest BCUT2D eigenvalue weighted by Gasteiger charge is 2.31. The quantitative estimate of drug-likeness (QED) is 0.177. The van der Waals surface area contributed by atoms with Crippen LogP contribution in [0.25, 0.3) is 0 Å². The van der Waals surface area contributed by atoms with Crippen molar-refractivity contribution in [1.82, 2.24) is 10.6 Å². The number of fused-ring (bicyclic) bond motifs is 4. The van der Waals surface area contributed by atoms with Gasteiger partial charge in [-0.05, 0) is 64.8 Å². The average Bonchev–Trinajstić information content (AvgIpc) is 3.66. The van der Waals surface area contributed by atoms with Crippen LogP contribution in [0.4, 0.5) is 10.0 Å². The fraction of sp³-hybridized carbons (Fsp3) is 0.350. The van der Waals surface area contributed by atoms with E-state index < -0.39 is 58.9 Å². The Hall–Kier alpha value is -5.34. The highest BCUT2D eigenvalue weighted by molar-refractivity contribution is 7.17. The molecule has 0 aliphatic carbocycles. The number of carbonyl (C=O) groups is 6. The Kier molecular flexibility index (Phi) is 12.4. The fourth-order valence-corrected chi connectivity index (χ4v) is 7.63. The molecule has 4 bridgehead atoms. The maximum absolute atomic E-state index is 14.0. The van der Waals surface area contributed by atoms with E-state index in [1.807, 2.05) is 60.7 Å². The molecule has 5 rings (SSSR count). The van der Waals surface area contributed by atoms with Crippen molar-refractivity contribution in [1.29, 1.82) is 0 Å². The van der Waals surface area contributed by atoms with Crippen molar-refractivity contribution in [3.05, 3.63) is 105 Å². The van der Waals surface area contributed by atoms with Crippen LogP contribution < -0.4 is 21.3 Å². The summed E-state index contributed by atoms with van der Waals surface area (Å²) in [6.45, 7) is 10.3. The number of hydrogen-bond acceptors (Lipinski definition) is 10. The SMILES string of the molecule is CC(C)(C)OC(=O)c1cc2sc1NC(=O)C(Cc1ccccc1)NC(=O)Cc1cc(C(=O)OC(C)(C)C)c(s1)NC(=O)C(Cc1ccccc1)NC(=O)C2. The molecule has 2 aromatic heterocycles. The lowest BCUT2D eigenvalue weighted by Crippen LogP contribution is -2.46. The second kappa shape index (κ2) is 16.8. The Bertz CT molecular complexity index is 1880. The predicted molar refractivity (Wildman–Crippen MR) is 208 cm³/mol. The molecule has 0 saturated carbocycles. The van der Waals surface area contributed by atoms with Gasteiger partial charge in [0.25, 0.3) is 0 Å². The van der Waals surface area contributed by atoms with E-state index in [4.69, 9.17) is 9.47 Å². The standard InChI is InChI=1S/C40H44N4O8S2/c1-39(2,3)51-37(49)27-19-25-21-31(45)42-30(18-24-15-11-8-12-16-24)34(48)44-36-28(38(50)52-40(4,5)6)20-26(54-36)22-32(46)41-29(33(47)43-35(27)53-25)17-23-13-9-7-10-14-23/h7-16,19-20,29-30H,17-18,21-22H2,1-6H3,(H,41,46)(H,42,45)(H,43,47)(H,44,48). The normalized spacial score (nSPS) is 17.2. The van der Waals surface area contributed by atoms with Crippen molar-refractivity contribution < 1.29 is 38.2 Å². The average molecular weight is 773 g/mol.